The minimum atomic E-state index is -1.10. The number of nitrogen functional groups attached to an aromatic ring is 1. The maximum Gasteiger partial charge on any atom is 0.233 e. The molecule has 0 unspecified atom stereocenters. The Morgan fingerprint density at radius 1 is 1.26 bits per heavy atom. The standard InChI is InChI=1S/C21H19N7OS2/c1-27-16(5-6-25-27)14-9-15(12-10-24-21-23-7-8-28(21)11-12)26-19-17(14)18(22)20(30-19)31(29)13-3-2-4-13/h5-11,13H,2-4,22H2,1H3/t31-/m1/s1. The highest BCUT2D eigenvalue weighted by Crippen LogP contribution is 2.44. The summed E-state index contributed by atoms with van der Waals surface area (Å²) in [5.41, 5.74) is 10.6. The van der Waals surface area contributed by atoms with Gasteiger partial charge in [0.2, 0.25) is 5.78 Å². The van der Waals surface area contributed by atoms with Crippen molar-refractivity contribution in [1.29, 1.82) is 0 Å². The van der Waals surface area contributed by atoms with Gasteiger partial charge in [-0.05, 0) is 25.0 Å². The van der Waals surface area contributed by atoms with Crippen LogP contribution in [0.25, 0.3) is 38.5 Å². The maximum atomic E-state index is 13.1. The molecule has 0 aromatic carbocycles. The third kappa shape index (κ3) is 2.89. The number of aromatic nitrogens is 6. The molecule has 2 N–H and O–H groups in total. The average molecular weight is 450 g/mol. The fraction of sp³-hybridized carbons (Fsp3) is 0.238. The maximum absolute atomic E-state index is 13.1. The van der Waals surface area contributed by atoms with Crippen LogP contribution in [0.3, 0.4) is 0 Å². The van der Waals surface area contributed by atoms with Crippen molar-refractivity contribution in [3.8, 4) is 22.5 Å². The molecule has 0 bridgehead atoms. The molecule has 0 aliphatic heterocycles. The molecule has 31 heavy (non-hydrogen) atoms. The van der Waals surface area contributed by atoms with Crippen LogP contribution in [0, 0.1) is 0 Å². The van der Waals surface area contributed by atoms with E-state index in [-0.39, 0.29) is 5.25 Å². The second kappa shape index (κ2) is 6.96. The molecule has 1 aliphatic carbocycles. The first-order valence-corrected chi connectivity index (χ1v) is 12.0. The van der Waals surface area contributed by atoms with Gasteiger partial charge in [0.25, 0.3) is 0 Å². The van der Waals surface area contributed by atoms with Gasteiger partial charge in [-0.2, -0.15) is 5.10 Å². The Morgan fingerprint density at radius 2 is 2.13 bits per heavy atom. The molecule has 1 saturated carbocycles. The molecule has 156 valence electrons. The molecule has 5 aromatic rings. The highest BCUT2D eigenvalue weighted by atomic mass is 32.2. The van der Waals surface area contributed by atoms with Crippen LogP contribution < -0.4 is 5.73 Å². The van der Waals surface area contributed by atoms with Gasteiger partial charge in [-0.15, -0.1) is 11.3 Å². The number of imidazole rings is 1. The molecule has 5 aromatic heterocycles. The zero-order valence-electron chi connectivity index (χ0n) is 16.7. The van der Waals surface area contributed by atoms with E-state index >= 15 is 0 Å². The number of rotatable bonds is 4. The Morgan fingerprint density at radius 3 is 2.87 bits per heavy atom. The molecule has 6 rings (SSSR count). The molecule has 1 atom stereocenters. The molecular weight excluding hydrogens is 430 g/mol. The van der Waals surface area contributed by atoms with E-state index in [1.807, 2.05) is 40.7 Å². The summed E-state index contributed by atoms with van der Waals surface area (Å²) in [6.45, 7) is 0. The Bertz CT molecular complexity index is 1480. The number of hydrogen-bond acceptors (Lipinski definition) is 7. The van der Waals surface area contributed by atoms with E-state index in [1.165, 1.54) is 11.3 Å². The van der Waals surface area contributed by atoms with Gasteiger partial charge in [-0.1, -0.05) is 6.42 Å². The quantitative estimate of drug-likeness (QED) is 0.449. The Kier molecular flexibility index (Phi) is 4.19. The molecule has 1 aliphatic rings. The number of anilines is 1. The zero-order chi connectivity index (χ0) is 21.1. The van der Waals surface area contributed by atoms with Gasteiger partial charge in [0.05, 0.1) is 27.9 Å². The van der Waals surface area contributed by atoms with Crippen molar-refractivity contribution in [3.63, 3.8) is 0 Å². The summed E-state index contributed by atoms with van der Waals surface area (Å²) in [5, 5.41) is 5.37. The second-order valence-electron chi connectivity index (χ2n) is 7.71. The summed E-state index contributed by atoms with van der Waals surface area (Å²) in [7, 11) is 0.795. The molecule has 8 nitrogen and oxygen atoms in total. The van der Waals surface area contributed by atoms with Crippen LogP contribution >= 0.6 is 11.3 Å². The molecule has 0 amide bonds. The van der Waals surface area contributed by atoms with E-state index in [0.29, 0.717) is 11.5 Å². The van der Waals surface area contributed by atoms with Crippen molar-refractivity contribution < 1.29 is 4.21 Å². The highest BCUT2D eigenvalue weighted by Gasteiger charge is 2.30. The van der Waals surface area contributed by atoms with Crippen molar-refractivity contribution >= 4 is 43.8 Å². The lowest BCUT2D eigenvalue weighted by molar-refractivity contribution is 0.505. The van der Waals surface area contributed by atoms with Gasteiger partial charge in [-0.3, -0.25) is 13.3 Å². The Balaban J connectivity index is 1.60. The average Bonchev–Trinajstić information content (AvgIpc) is 3.44. The summed E-state index contributed by atoms with van der Waals surface area (Å²) < 4.78 is 17.5. The van der Waals surface area contributed by atoms with Crippen molar-refractivity contribution in [2.24, 2.45) is 7.05 Å². The number of thiophene rings is 1. The molecule has 10 heteroatoms. The van der Waals surface area contributed by atoms with Gasteiger partial charge in [0.1, 0.15) is 9.04 Å². The third-order valence-corrected chi connectivity index (χ3v) is 9.14. The molecule has 5 heterocycles. The van der Waals surface area contributed by atoms with Crippen LogP contribution in [0.4, 0.5) is 5.69 Å². The van der Waals surface area contributed by atoms with Crippen LogP contribution in [0.5, 0.6) is 0 Å². The van der Waals surface area contributed by atoms with Crippen LogP contribution in [0.15, 0.2) is 47.3 Å². The molecule has 0 spiro atoms. The zero-order valence-corrected chi connectivity index (χ0v) is 18.4. The number of fused-ring (bicyclic) bond motifs is 2. The lowest BCUT2D eigenvalue weighted by atomic mass is 10.0. The van der Waals surface area contributed by atoms with Gasteiger partial charge in [0.15, 0.2) is 0 Å². The Hall–Kier alpha value is -3.11. The van der Waals surface area contributed by atoms with Crippen LogP contribution in [-0.4, -0.2) is 38.6 Å². The van der Waals surface area contributed by atoms with Crippen molar-refractivity contribution in [2.45, 2.75) is 28.7 Å². The first-order chi connectivity index (χ1) is 15.1. The minimum Gasteiger partial charge on any atom is -0.396 e. The molecular formula is C21H19N7OS2. The monoisotopic (exact) mass is 449 g/mol. The van der Waals surface area contributed by atoms with Crippen molar-refractivity contribution in [1.82, 2.24) is 29.1 Å². The van der Waals surface area contributed by atoms with E-state index in [9.17, 15) is 4.21 Å². The number of hydrogen-bond donors (Lipinski definition) is 1. The molecule has 1 fully saturated rings. The van der Waals surface area contributed by atoms with Crippen LogP contribution in [-0.2, 0) is 17.8 Å². The fourth-order valence-electron chi connectivity index (χ4n) is 3.92. The van der Waals surface area contributed by atoms with E-state index in [2.05, 4.69) is 15.1 Å². The summed E-state index contributed by atoms with van der Waals surface area (Å²) in [5.74, 6) is 0.634. The second-order valence-corrected chi connectivity index (χ2v) is 10.6. The van der Waals surface area contributed by atoms with Crippen LogP contribution in [0.1, 0.15) is 19.3 Å². The van der Waals surface area contributed by atoms with E-state index in [1.54, 1.807) is 18.6 Å². The number of pyridine rings is 1. The topological polar surface area (TPSA) is 104 Å². The predicted molar refractivity (Wildman–Crippen MR) is 122 cm³/mol. The van der Waals surface area contributed by atoms with Gasteiger partial charge in [0, 0.05) is 59.8 Å². The van der Waals surface area contributed by atoms with E-state index < -0.39 is 10.8 Å². The first kappa shape index (κ1) is 18.6. The number of nitrogens with two attached hydrogens (primary N) is 1. The summed E-state index contributed by atoms with van der Waals surface area (Å²) in [6, 6.07) is 3.97. The van der Waals surface area contributed by atoms with E-state index in [4.69, 9.17) is 10.7 Å². The Labute approximate surface area is 184 Å². The SMILES string of the molecule is Cn1nccc1-c1cc(-c2cnc3nccn3c2)nc2sc([S@](=O)C3CCC3)c(N)c12. The minimum absolute atomic E-state index is 0.197. The normalized spacial score (nSPS) is 15.5. The van der Waals surface area contributed by atoms with E-state index in [0.717, 1.165) is 56.2 Å². The van der Waals surface area contributed by atoms with Gasteiger partial charge in [-0.25, -0.2) is 15.0 Å². The fourth-order valence-corrected chi connectivity index (χ4v) is 7.13. The largest absolute Gasteiger partial charge is 0.396 e. The summed E-state index contributed by atoms with van der Waals surface area (Å²) in [4.78, 5) is 14.3. The lowest BCUT2D eigenvalue weighted by Gasteiger charge is -2.23. The smallest absolute Gasteiger partial charge is 0.233 e. The predicted octanol–water partition coefficient (Wildman–Crippen LogP) is 3.65. The molecule has 0 radical (unpaired) electrons. The van der Waals surface area contributed by atoms with Crippen molar-refractivity contribution in [2.75, 3.05) is 5.73 Å². The van der Waals surface area contributed by atoms with Gasteiger partial charge >= 0.3 is 0 Å². The molecule has 0 saturated heterocycles. The highest BCUT2D eigenvalue weighted by molar-refractivity contribution is 7.88. The summed E-state index contributed by atoms with van der Waals surface area (Å²) >= 11 is 1.44. The summed E-state index contributed by atoms with van der Waals surface area (Å²) in [6.07, 6.45) is 12.2. The number of nitrogens with zero attached hydrogens (tertiary/aromatic N) is 6. The van der Waals surface area contributed by atoms with Crippen LogP contribution in [0.2, 0.25) is 0 Å². The third-order valence-electron chi connectivity index (χ3n) is 5.84. The number of aryl methyl sites for hydroxylation is 1. The van der Waals surface area contributed by atoms with Crippen molar-refractivity contribution in [3.05, 3.63) is 43.1 Å². The van der Waals surface area contributed by atoms with Gasteiger partial charge < -0.3 is 5.73 Å². The lowest BCUT2D eigenvalue weighted by Crippen LogP contribution is -2.23. The first-order valence-electron chi connectivity index (χ1n) is 10.0.